The molecule has 35 heavy (non-hydrogen) atoms. The summed E-state index contributed by atoms with van der Waals surface area (Å²) >= 11 is 0. The number of phenols is 1. The summed E-state index contributed by atoms with van der Waals surface area (Å²) in [5.41, 5.74) is 17.0. The molecular weight excluding hydrogens is 444 g/mol. The fraction of sp³-hybridized carbons (Fsp3) is 0.308. The van der Waals surface area contributed by atoms with E-state index in [9.17, 15) is 9.90 Å². The lowest BCUT2D eigenvalue weighted by molar-refractivity contribution is -0.127. The second kappa shape index (κ2) is 11.0. The number of benzene rings is 1. The van der Waals surface area contributed by atoms with Gasteiger partial charge in [0.15, 0.2) is 0 Å². The van der Waals surface area contributed by atoms with Gasteiger partial charge in [-0.3, -0.25) is 9.48 Å². The molecule has 2 aromatic heterocycles. The van der Waals surface area contributed by atoms with Gasteiger partial charge in [0.05, 0.1) is 25.0 Å². The highest BCUT2D eigenvalue weighted by Gasteiger charge is 2.23. The first-order valence-electron chi connectivity index (χ1n) is 11.7. The van der Waals surface area contributed by atoms with Crippen molar-refractivity contribution in [2.75, 3.05) is 25.5 Å². The summed E-state index contributed by atoms with van der Waals surface area (Å²) in [6.07, 6.45) is 8.06. The molecular formula is C26H32N6O3. The first-order chi connectivity index (χ1) is 17.0. The van der Waals surface area contributed by atoms with Gasteiger partial charge in [-0.25, -0.2) is 0 Å². The average Bonchev–Trinajstić information content (AvgIpc) is 3.63. The van der Waals surface area contributed by atoms with E-state index in [0.717, 1.165) is 35.7 Å². The Bertz CT molecular complexity index is 1210. The van der Waals surface area contributed by atoms with Crippen LogP contribution in [0.1, 0.15) is 40.9 Å². The molecule has 9 heteroatoms. The van der Waals surface area contributed by atoms with E-state index in [0.29, 0.717) is 43.1 Å². The van der Waals surface area contributed by atoms with Gasteiger partial charge in [0.1, 0.15) is 11.6 Å². The first kappa shape index (κ1) is 24.2. The Morgan fingerprint density at radius 3 is 2.71 bits per heavy atom. The van der Waals surface area contributed by atoms with E-state index >= 15 is 0 Å². The van der Waals surface area contributed by atoms with E-state index in [-0.39, 0.29) is 11.7 Å². The summed E-state index contributed by atoms with van der Waals surface area (Å²) in [7, 11) is 0. The predicted octanol–water partition coefficient (Wildman–Crippen LogP) is 2.87. The molecule has 0 radical (unpaired) electrons. The third-order valence-corrected chi connectivity index (χ3v) is 6.11. The van der Waals surface area contributed by atoms with E-state index < -0.39 is 0 Å². The second-order valence-electron chi connectivity index (χ2n) is 8.58. The summed E-state index contributed by atoms with van der Waals surface area (Å²) in [4.78, 5) is 16.9. The van der Waals surface area contributed by atoms with Crippen LogP contribution in [0.4, 0.5) is 5.82 Å². The Morgan fingerprint density at radius 2 is 2.03 bits per heavy atom. The number of phenolic OH excluding ortho intramolecular Hbond substituents is 1. The van der Waals surface area contributed by atoms with Crippen molar-refractivity contribution in [2.24, 2.45) is 5.73 Å². The molecule has 3 aromatic rings. The number of fused-ring (bicyclic) bond motifs is 1. The van der Waals surface area contributed by atoms with E-state index in [2.05, 4.69) is 16.7 Å². The van der Waals surface area contributed by atoms with E-state index in [1.807, 2.05) is 23.0 Å². The highest BCUT2D eigenvalue weighted by atomic mass is 16.5. The number of amides is 1. The number of carbonyl (C=O) groups excluding carboxylic acids is 1. The number of nitrogens with zero attached hydrogens (tertiary/aromatic N) is 3. The maximum atomic E-state index is 12.0. The number of rotatable bonds is 5. The van der Waals surface area contributed by atoms with E-state index in [1.54, 1.807) is 29.2 Å². The number of carbonyl (C=O) groups is 1. The van der Waals surface area contributed by atoms with Crippen molar-refractivity contribution in [2.45, 2.75) is 32.4 Å². The smallest absolute Gasteiger partial charge is 0.246 e. The van der Waals surface area contributed by atoms with Gasteiger partial charge < -0.3 is 31.2 Å². The Morgan fingerprint density at radius 1 is 1.26 bits per heavy atom. The fourth-order valence-electron chi connectivity index (χ4n) is 4.21. The average molecular weight is 477 g/mol. The van der Waals surface area contributed by atoms with Gasteiger partial charge in [0.25, 0.3) is 0 Å². The molecule has 0 aliphatic carbocycles. The largest absolute Gasteiger partial charge is 0.507 e. The lowest BCUT2D eigenvalue weighted by Gasteiger charge is -2.27. The molecule has 1 saturated heterocycles. The third kappa shape index (κ3) is 5.75. The maximum absolute atomic E-state index is 12.0. The Kier molecular flexibility index (Phi) is 7.57. The predicted molar refractivity (Wildman–Crippen MR) is 136 cm³/mol. The van der Waals surface area contributed by atoms with Gasteiger partial charge in [-0.15, -0.1) is 0 Å². The summed E-state index contributed by atoms with van der Waals surface area (Å²) in [5.74, 6) is 0.531. The SMILES string of the molecule is C1CCOC1.C=CC(=O)N1CCn2ncc(Cc3cc(/C=C(\N)c4ccccc4O)c(N)[nH]3)c2C1. The van der Waals surface area contributed by atoms with E-state index in [4.69, 9.17) is 16.2 Å². The molecule has 2 aliphatic heterocycles. The first-order valence-corrected chi connectivity index (χ1v) is 11.7. The number of nitrogens with one attached hydrogen (secondary N) is 1. The number of hydrogen-bond donors (Lipinski definition) is 4. The highest BCUT2D eigenvalue weighted by Crippen LogP contribution is 2.26. The van der Waals surface area contributed by atoms with Crippen molar-refractivity contribution in [1.82, 2.24) is 19.7 Å². The summed E-state index contributed by atoms with van der Waals surface area (Å²) < 4.78 is 6.88. The number of hydrogen-bond acceptors (Lipinski definition) is 6. The number of H-pyrrole nitrogens is 1. The normalized spacial score (nSPS) is 15.3. The molecule has 184 valence electrons. The maximum Gasteiger partial charge on any atom is 0.246 e. The Labute approximate surface area is 204 Å². The number of ether oxygens (including phenoxy) is 1. The van der Waals surface area contributed by atoms with Crippen LogP contribution in [0.3, 0.4) is 0 Å². The van der Waals surface area contributed by atoms with Crippen molar-refractivity contribution in [3.05, 3.63) is 77.3 Å². The molecule has 2 aliphatic rings. The van der Waals surface area contributed by atoms with Crippen LogP contribution < -0.4 is 11.5 Å². The molecule has 5 rings (SSSR count). The van der Waals surface area contributed by atoms with Crippen molar-refractivity contribution < 1.29 is 14.6 Å². The van der Waals surface area contributed by atoms with Crippen LogP contribution in [0.2, 0.25) is 0 Å². The monoisotopic (exact) mass is 476 g/mol. The standard InChI is InChI=1S/C22H24N6O2.C4H8O/c1-2-21(30)27-7-8-28-19(13-27)15(12-25-28)10-16-9-14(22(24)26-16)11-18(23)17-5-3-4-6-20(17)29;1-2-4-5-3-1/h2-6,9,11-12,26,29H,1,7-8,10,13,23-24H2;1-4H2/b18-11-;. The van der Waals surface area contributed by atoms with Crippen LogP contribution in [0, 0.1) is 0 Å². The van der Waals surface area contributed by atoms with Gasteiger partial charge >= 0.3 is 0 Å². The molecule has 0 atom stereocenters. The van der Waals surface area contributed by atoms with Crippen molar-refractivity contribution >= 4 is 23.5 Å². The second-order valence-corrected chi connectivity index (χ2v) is 8.58. The van der Waals surface area contributed by atoms with Crippen LogP contribution in [-0.4, -0.2) is 50.4 Å². The Balaban J connectivity index is 0.000000514. The topological polar surface area (TPSA) is 135 Å². The zero-order valence-corrected chi connectivity index (χ0v) is 19.7. The van der Waals surface area contributed by atoms with Crippen LogP contribution in [-0.2, 0) is 29.0 Å². The number of para-hydroxylation sites is 1. The minimum absolute atomic E-state index is 0.0791. The fourth-order valence-corrected chi connectivity index (χ4v) is 4.21. The molecule has 6 N–H and O–H groups in total. The molecule has 4 heterocycles. The van der Waals surface area contributed by atoms with Gasteiger partial charge in [-0.2, -0.15) is 5.10 Å². The minimum Gasteiger partial charge on any atom is -0.507 e. The lowest BCUT2D eigenvalue weighted by Crippen LogP contribution is -2.37. The van der Waals surface area contributed by atoms with Crippen molar-refractivity contribution in [3.8, 4) is 5.75 Å². The quantitative estimate of drug-likeness (QED) is 0.418. The summed E-state index contributed by atoms with van der Waals surface area (Å²) in [6.45, 7) is 7.35. The number of aromatic hydroxyl groups is 1. The molecule has 9 nitrogen and oxygen atoms in total. The minimum atomic E-state index is -0.0791. The van der Waals surface area contributed by atoms with Crippen LogP contribution in [0.25, 0.3) is 11.8 Å². The zero-order chi connectivity index (χ0) is 24.8. The van der Waals surface area contributed by atoms with Gasteiger partial charge in [0.2, 0.25) is 5.91 Å². The number of nitrogen functional groups attached to an aromatic ring is 1. The Hall–Kier alpha value is -3.98. The van der Waals surface area contributed by atoms with Crippen molar-refractivity contribution in [3.63, 3.8) is 0 Å². The van der Waals surface area contributed by atoms with Gasteiger partial charge in [-0.05, 0) is 43.2 Å². The number of aromatic nitrogens is 3. The molecule has 0 saturated carbocycles. The molecule has 0 bridgehead atoms. The molecule has 0 unspecified atom stereocenters. The summed E-state index contributed by atoms with van der Waals surface area (Å²) in [5, 5.41) is 14.4. The number of aromatic amines is 1. The zero-order valence-electron chi connectivity index (χ0n) is 19.7. The van der Waals surface area contributed by atoms with Gasteiger partial charge in [0, 0.05) is 54.3 Å². The molecule has 1 amide bonds. The number of nitrogens with two attached hydrogens (primary N) is 2. The number of anilines is 1. The molecule has 1 aromatic carbocycles. The van der Waals surface area contributed by atoms with Crippen LogP contribution >= 0.6 is 0 Å². The molecule has 0 spiro atoms. The summed E-state index contributed by atoms with van der Waals surface area (Å²) in [6, 6.07) is 8.82. The van der Waals surface area contributed by atoms with Gasteiger partial charge in [-0.1, -0.05) is 18.7 Å². The van der Waals surface area contributed by atoms with Crippen LogP contribution in [0.15, 0.2) is 49.2 Å². The van der Waals surface area contributed by atoms with Crippen molar-refractivity contribution in [1.29, 1.82) is 0 Å². The third-order valence-electron chi connectivity index (χ3n) is 6.11. The lowest BCUT2D eigenvalue weighted by atomic mass is 10.1. The van der Waals surface area contributed by atoms with Crippen LogP contribution in [0.5, 0.6) is 5.75 Å². The highest BCUT2D eigenvalue weighted by molar-refractivity contribution is 5.87. The molecule has 1 fully saturated rings. The van der Waals surface area contributed by atoms with E-state index in [1.165, 1.54) is 18.9 Å².